The zero-order chi connectivity index (χ0) is 110. The summed E-state index contributed by atoms with van der Waals surface area (Å²) < 4.78 is 11.9. The highest BCUT2D eigenvalue weighted by molar-refractivity contribution is 8.03. The molecule has 0 bridgehead atoms. The van der Waals surface area contributed by atoms with Crippen molar-refractivity contribution in [3.05, 3.63) is 88.0 Å². The van der Waals surface area contributed by atoms with Crippen LogP contribution < -0.4 is 0 Å². The summed E-state index contributed by atoms with van der Waals surface area (Å²) in [6, 6.07) is 20.2. The highest BCUT2D eigenvalue weighted by Crippen LogP contribution is 2.35. The molecule has 816 valence electrons. The van der Waals surface area contributed by atoms with Crippen LogP contribution in [-0.2, 0) is 9.47 Å². The summed E-state index contributed by atoms with van der Waals surface area (Å²) in [7, 11) is 0. The van der Waals surface area contributed by atoms with Gasteiger partial charge in [-0.2, -0.15) is 118 Å². The van der Waals surface area contributed by atoms with E-state index < -0.39 is 0 Å². The lowest BCUT2D eigenvalue weighted by atomic mass is 10.0. The monoisotopic (exact) mass is 2140 g/mol. The third-order valence-electron chi connectivity index (χ3n) is 14.7. The molecule has 3 rings (SSSR count). The lowest BCUT2D eigenvalue weighted by Gasteiger charge is -2.21. The first-order valence-electron chi connectivity index (χ1n) is 52.4. The normalized spacial score (nSPS) is 12.4. The minimum atomic E-state index is 0.0503. The molecule has 0 spiro atoms. The van der Waals surface area contributed by atoms with E-state index in [4.69, 9.17) is 9.47 Å². The van der Waals surface area contributed by atoms with Gasteiger partial charge in [-0.25, -0.2) is 0 Å². The second kappa shape index (κ2) is 93.4. The molecule has 135 heavy (non-hydrogen) atoms. The van der Waals surface area contributed by atoms with E-state index in [0.717, 1.165) is 60.5 Å². The van der Waals surface area contributed by atoms with Gasteiger partial charge in [0, 0.05) is 73.6 Å². The van der Waals surface area contributed by atoms with Crippen LogP contribution >= 0.6 is 153 Å². The summed E-state index contributed by atoms with van der Waals surface area (Å²) in [5.74, 6) is 11.5. The molecule has 0 aromatic heterocycles. The van der Waals surface area contributed by atoms with Gasteiger partial charge in [0.15, 0.2) is 0 Å². The number of hydrogen-bond acceptors (Lipinski definition) is 15. The molecule has 0 amide bonds. The molecule has 3 aromatic rings. The summed E-state index contributed by atoms with van der Waals surface area (Å²) in [4.78, 5) is 4.17. The molecule has 15 heteroatoms. The lowest BCUT2D eigenvalue weighted by Crippen LogP contribution is -2.18. The standard InChI is InChI=1S/C13H20S.C12H18S.C11H16S.C9H20S.3C8H18S.4C7H16S.C6H14O.2C6H14S.C5H12O/c1-10-6-11(2)8-12(7-10)14-9-13(3,4)5;1-9-6-10(2)8-11(7-9)13-12(3,4)5;1-8(2)12-11-6-9(3)5-10(4)7-11;1-6-8(2)10-7-9(3,4)5;1-7(2)9-6-8(3,4)5;1-6-7(2)9-8(3,4)5;1-5-6-9-7-8(2,3)4;1-6(2)8-7(3,4)5;1-5-8-6-7(2,3)4;1-5-6-8-7(2,3)4;1-5-7(4)8-6(2)3;1-5-7-6(2,3)4;1-5(2)7-6(3)4;1-4-5-7-6(2)3;1-4-6-5(2)3/h6-8H,9H2,1-5H3;6-8H,1-5H3;5-8H,1-4H3;8H,6-7H2,1-5H3;2*7H,6H2,1-5H3;5-7H2,1-4H3;6H,1-5H3;2*5-6H2,1-4H3;6-7H,5H2,1-4H3;5H2,1-4H3;5-6H,1-4H3;6H,4-5H2,1-3H3;5H,4H2,1-3H3. The summed E-state index contributed by atoms with van der Waals surface area (Å²) in [6.45, 7) is 144. The van der Waals surface area contributed by atoms with Crippen LogP contribution in [-0.4, -0.2) is 148 Å². The third kappa shape index (κ3) is 182. The molecule has 0 fully saturated rings. The Hall–Kier alpha value is 2.13. The van der Waals surface area contributed by atoms with E-state index in [1.807, 2.05) is 134 Å². The van der Waals surface area contributed by atoms with Crippen LogP contribution in [0.2, 0.25) is 0 Å². The van der Waals surface area contributed by atoms with Crippen molar-refractivity contribution in [3.8, 4) is 0 Å². The number of rotatable bonds is 31. The molecule has 0 saturated carbocycles. The Kier molecular flexibility index (Phi) is 112. The average molecular weight is 2140 g/mol. The van der Waals surface area contributed by atoms with E-state index in [9.17, 15) is 0 Å². The first-order valence-corrected chi connectivity index (χ1v) is 65.2. The first kappa shape index (κ1) is 162. The molecule has 0 saturated heterocycles. The number of benzene rings is 3. The molecule has 3 aromatic carbocycles. The molecule has 0 heterocycles. The maximum absolute atomic E-state index is 5.23. The van der Waals surface area contributed by atoms with Gasteiger partial charge >= 0.3 is 0 Å². The van der Waals surface area contributed by atoms with Gasteiger partial charge in [0.2, 0.25) is 0 Å². The quantitative estimate of drug-likeness (QED) is 0.0450. The molecule has 0 N–H and O–H groups in total. The molecule has 3 unspecified atom stereocenters. The fourth-order valence-corrected chi connectivity index (χ4v) is 23.4. The van der Waals surface area contributed by atoms with Crippen molar-refractivity contribution in [2.24, 2.45) is 27.1 Å². The number of aryl methyl sites for hydroxylation is 6. The Morgan fingerprint density at radius 3 is 0.785 bits per heavy atom. The number of thioether (sulfide) groups is 13. The lowest BCUT2D eigenvalue weighted by molar-refractivity contribution is 0.00530. The van der Waals surface area contributed by atoms with Gasteiger partial charge in [0.05, 0.1) is 11.7 Å². The van der Waals surface area contributed by atoms with E-state index in [1.165, 1.54) is 138 Å². The van der Waals surface area contributed by atoms with Crippen molar-refractivity contribution in [1.82, 2.24) is 0 Å². The van der Waals surface area contributed by atoms with Crippen molar-refractivity contribution in [2.75, 3.05) is 65.0 Å². The van der Waals surface area contributed by atoms with Gasteiger partial charge in [-0.15, -0.1) is 35.3 Å². The van der Waals surface area contributed by atoms with Gasteiger partial charge in [-0.1, -0.05) is 371 Å². The smallest absolute Gasteiger partial charge is 0.0598 e. The molecular formula is C120H246O2S13. The van der Waals surface area contributed by atoms with Crippen LogP contribution in [0.1, 0.15) is 473 Å². The van der Waals surface area contributed by atoms with Gasteiger partial charge in [0.25, 0.3) is 0 Å². The number of hydrogen-bond donors (Lipinski definition) is 0. The van der Waals surface area contributed by atoms with E-state index in [0.29, 0.717) is 57.4 Å². The van der Waals surface area contributed by atoms with Crippen molar-refractivity contribution in [2.45, 2.75) is 580 Å². The van der Waals surface area contributed by atoms with Gasteiger partial charge in [0.1, 0.15) is 0 Å². The van der Waals surface area contributed by atoms with Crippen molar-refractivity contribution >= 4 is 153 Å². The topological polar surface area (TPSA) is 18.5 Å². The van der Waals surface area contributed by atoms with Crippen molar-refractivity contribution in [3.63, 3.8) is 0 Å². The summed E-state index contributed by atoms with van der Waals surface area (Å²) >= 11 is 26.2. The van der Waals surface area contributed by atoms with Crippen molar-refractivity contribution in [1.29, 1.82) is 0 Å². The maximum atomic E-state index is 5.23. The molecule has 0 aliphatic heterocycles. The fourth-order valence-electron chi connectivity index (χ4n) is 9.82. The Balaban J connectivity index is -0.000000121. The summed E-state index contributed by atoms with van der Waals surface area (Å²) in [5.41, 5.74) is 10.6. The Morgan fingerprint density at radius 1 is 0.274 bits per heavy atom. The molecule has 0 aliphatic carbocycles. The van der Waals surface area contributed by atoms with Crippen LogP contribution in [0, 0.1) is 68.6 Å². The largest absolute Gasteiger partial charge is 0.379 e. The van der Waals surface area contributed by atoms with Crippen LogP contribution in [0.15, 0.2) is 69.3 Å². The van der Waals surface area contributed by atoms with E-state index >= 15 is 0 Å². The van der Waals surface area contributed by atoms with Crippen molar-refractivity contribution < 1.29 is 9.47 Å². The minimum absolute atomic E-state index is 0.0503. The molecular weight excluding hydrogens is 1890 g/mol. The van der Waals surface area contributed by atoms with Crippen LogP contribution in [0.5, 0.6) is 0 Å². The van der Waals surface area contributed by atoms with Gasteiger partial charge in [-0.3, -0.25) is 0 Å². The molecule has 0 aliphatic rings. The second-order valence-corrected chi connectivity index (χ2v) is 70.7. The highest BCUT2D eigenvalue weighted by atomic mass is 32.2. The summed E-state index contributed by atoms with van der Waals surface area (Å²) in [5, 5.41) is 7.90. The van der Waals surface area contributed by atoms with Crippen LogP contribution in [0.4, 0.5) is 0 Å². The van der Waals surface area contributed by atoms with Gasteiger partial charge < -0.3 is 9.47 Å². The average Bonchev–Trinajstić information content (AvgIpc) is 0.874. The maximum Gasteiger partial charge on any atom is 0.0598 e. The Morgan fingerprint density at radius 2 is 0.607 bits per heavy atom. The van der Waals surface area contributed by atoms with E-state index in [-0.39, 0.29) is 5.60 Å². The predicted octanol–water partition coefficient (Wildman–Crippen LogP) is 45.6. The Labute approximate surface area is 913 Å². The number of ether oxygens (including phenoxy) is 2. The SMILES string of the molecule is CC(C)SC(C)(C)C.CC(C)SC(C)C.CC(C)SCC(C)(C)C.CCC(C)SC(C)(C)C.CCC(C)SC(C)C.CCC(C)SCC(C)(C)C.CCCSC(C)(C)C.CCCSC(C)C.CCCSCC(C)(C)C.CCOC(C)(C)C.CCOC(C)C.CCSCC(C)(C)C.Cc1cc(C)cc(SC(C)(C)C)c1.Cc1cc(C)cc(SC(C)C)c1.Cc1cc(C)cc(SCC(C)(C)C)c1. The zero-order valence-electron chi connectivity index (χ0n) is 103. The fraction of sp³-hybridized carbons (Fsp3) is 0.850. The predicted molar refractivity (Wildman–Crippen MR) is 681 cm³/mol. The highest BCUT2D eigenvalue weighted by Gasteiger charge is 2.18. The van der Waals surface area contributed by atoms with Crippen LogP contribution in [0.3, 0.4) is 0 Å². The molecule has 2 nitrogen and oxygen atoms in total. The summed E-state index contributed by atoms with van der Waals surface area (Å²) in [6.07, 6.45) is 8.17. The van der Waals surface area contributed by atoms with E-state index in [2.05, 4.69) is 517 Å². The first-order chi connectivity index (χ1) is 60.6. The molecule has 3 atom stereocenters. The Bertz CT molecular complexity index is 2870. The molecule has 0 radical (unpaired) electrons. The van der Waals surface area contributed by atoms with Crippen LogP contribution in [0.25, 0.3) is 0 Å². The zero-order valence-corrected chi connectivity index (χ0v) is 114. The minimum Gasteiger partial charge on any atom is -0.379 e. The van der Waals surface area contributed by atoms with E-state index in [1.54, 1.807) is 0 Å². The second-order valence-electron chi connectivity index (χ2n) is 48.3. The third-order valence-corrected chi connectivity index (χ3v) is 33.1. The van der Waals surface area contributed by atoms with Gasteiger partial charge in [-0.05, 0) is 303 Å².